The van der Waals surface area contributed by atoms with Crippen LogP contribution in [0.2, 0.25) is 0 Å². The van der Waals surface area contributed by atoms with Crippen LogP contribution < -0.4 is 0 Å². The van der Waals surface area contributed by atoms with Crippen LogP contribution >= 0.6 is 11.6 Å². The number of pyridine rings is 1. The minimum atomic E-state index is 0.437. The molecule has 0 aliphatic heterocycles. The zero-order valence-corrected chi connectivity index (χ0v) is 10.3. The van der Waals surface area contributed by atoms with E-state index >= 15 is 0 Å². The van der Waals surface area contributed by atoms with Crippen LogP contribution in [0.5, 0.6) is 0 Å². The molecular formula is C13H10ClN3O. The molecule has 0 N–H and O–H groups in total. The molecule has 0 radical (unpaired) electrons. The van der Waals surface area contributed by atoms with Gasteiger partial charge in [-0.25, -0.2) is 0 Å². The molecule has 0 aliphatic rings. The highest BCUT2D eigenvalue weighted by molar-refractivity contribution is 6.17. The van der Waals surface area contributed by atoms with Crippen LogP contribution in [0, 0.1) is 0 Å². The zero-order chi connectivity index (χ0) is 12.4. The lowest BCUT2D eigenvalue weighted by Gasteiger charge is -2.00. The molecule has 90 valence electrons. The second-order valence-corrected chi connectivity index (χ2v) is 4.20. The first-order chi connectivity index (χ1) is 8.88. The summed E-state index contributed by atoms with van der Waals surface area (Å²) in [7, 11) is 0. The van der Waals surface area contributed by atoms with E-state index in [2.05, 4.69) is 15.2 Å². The first-order valence-electron chi connectivity index (χ1n) is 5.61. The summed E-state index contributed by atoms with van der Waals surface area (Å²) in [5.41, 5.74) is 0.710. The quantitative estimate of drug-likeness (QED) is 0.679. The van der Waals surface area contributed by atoms with Crippen molar-refractivity contribution in [2.45, 2.75) is 6.42 Å². The smallest absolute Gasteiger partial charge is 0.266 e. The van der Waals surface area contributed by atoms with Crippen molar-refractivity contribution in [3.05, 3.63) is 42.4 Å². The standard InChI is InChI=1S/C13H10ClN3O/c14-7-5-11-16-17-13(18-11)12-10-4-2-1-3-9(10)6-8-15-12/h1-4,6,8H,5,7H2. The van der Waals surface area contributed by atoms with Crippen LogP contribution in [0.15, 0.2) is 40.9 Å². The lowest BCUT2D eigenvalue weighted by molar-refractivity contribution is 0.512. The van der Waals surface area contributed by atoms with Crippen molar-refractivity contribution < 1.29 is 4.42 Å². The van der Waals surface area contributed by atoms with Crippen molar-refractivity contribution in [3.8, 4) is 11.6 Å². The molecule has 0 atom stereocenters. The summed E-state index contributed by atoms with van der Waals surface area (Å²) in [5.74, 6) is 1.44. The summed E-state index contributed by atoms with van der Waals surface area (Å²) >= 11 is 5.64. The highest BCUT2D eigenvalue weighted by atomic mass is 35.5. The maximum atomic E-state index is 5.64. The topological polar surface area (TPSA) is 51.8 Å². The van der Waals surface area contributed by atoms with Gasteiger partial charge in [-0.15, -0.1) is 21.8 Å². The van der Waals surface area contributed by atoms with Gasteiger partial charge in [0, 0.05) is 23.9 Å². The maximum absolute atomic E-state index is 5.64. The molecule has 0 saturated heterocycles. The molecule has 0 amide bonds. The molecule has 2 heterocycles. The average Bonchev–Trinajstić information content (AvgIpc) is 2.87. The normalized spacial score (nSPS) is 10.9. The van der Waals surface area contributed by atoms with Crippen LogP contribution in [0.25, 0.3) is 22.4 Å². The van der Waals surface area contributed by atoms with Gasteiger partial charge < -0.3 is 4.42 Å². The molecule has 2 aromatic heterocycles. The van der Waals surface area contributed by atoms with E-state index in [0.29, 0.717) is 29.8 Å². The molecule has 0 unspecified atom stereocenters. The maximum Gasteiger partial charge on any atom is 0.266 e. The van der Waals surface area contributed by atoms with E-state index in [-0.39, 0.29) is 0 Å². The van der Waals surface area contributed by atoms with E-state index in [4.69, 9.17) is 16.0 Å². The van der Waals surface area contributed by atoms with E-state index in [1.54, 1.807) is 6.20 Å². The third-order valence-corrected chi connectivity index (χ3v) is 2.84. The lowest BCUT2D eigenvalue weighted by Crippen LogP contribution is -1.85. The highest BCUT2D eigenvalue weighted by Gasteiger charge is 2.12. The van der Waals surface area contributed by atoms with Gasteiger partial charge in [-0.2, -0.15) is 0 Å². The van der Waals surface area contributed by atoms with Crippen molar-refractivity contribution in [2.24, 2.45) is 0 Å². The number of halogens is 1. The molecular weight excluding hydrogens is 250 g/mol. The molecule has 0 aliphatic carbocycles. The first kappa shape index (κ1) is 11.2. The van der Waals surface area contributed by atoms with Crippen LogP contribution in [0.3, 0.4) is 0 Å². The largest absolute Gasteiger partial charge is 0.419 e. The van der Waals surface area contributed by atoms with E-state index in [1.807, 2.05) is 30.3 Å². The minimum absolute atomic E-state index is 0.437. The molecule has 0 fully saturated rings. The zero-order valence-electron chi connectivity index (χ0n) is 9.51. The monoisotopic (exact) mass is 259 g/mol. The Kier molecular flexibility index (Phi) is 2.94. The van der Waals surface area contributed by atoms with Gasteiger partial charge in [-0.3, -0.25) is 4.98 Å². The SMILES string of the molecule is ClCCc1nnc(-c2nccc3ccccc23)o1. The molecule has 3 rings (SSSR count). The fourth-order valence-corrected chi connectivity index (χ4v) is 1.98. The van der Waals surface area contributed by atoms with Gasteiger partial charge in [-0.1, -0.05) is 24.3 Å². The molecule has 3 aromatic rings. The van der Waals surface area contributed by atoms with Crippen LogP contribution in [-0.4, -0.2) is 21.1 Å². The summed E-state index contributed by atoms with van der Waals surface area (Å²) in [6.07, 6.45) is 2.31. The number of hydrogen-bond donors (Lipinski definition) is 0. The van der Waals surface area contributed by atoms with Crippen molar-refractivity contribution in [2.75, 3.05) is 5.88 Å². The third-order valence-electron chi connectivity index (χ3n) is 2.65. The van der Waals surface area contributed by atoms with Gasteiger partial charge in [-0.05, 0) is 11.5 Å². The van der Waals surface area contributed by atoms with Crippen molar-refractivity contribution >= 4 is 22.4 Å². The summed E-state index contributed by atoms with van der Waals surface area (Å²) in [6.45, 7) is 0. The Balaban J connectivity index is 2.12. The molecule has 0 spiro atoms. The predicted octanol–water partition coefficient (Wildman–Crippen LogP) is 3.07. The lowest BCUT2D eigenvalue weighted by atomic mass is 10.1. The summed E-state index contributed by atoms with van der Waals surface area (Å²) < 4.78 is 5.55. The predicted molar refractivity (Wildman–Crippen MR) is 69.5 cm³/mol. The van der Waals surface area contributed by atoms with Gasteiger partial charge in [0.25, 0.3) is 5.89 Å². The van der Waals surface area contributed by atoms with Crippen molar-refractivity contribution in [1.29, 1.82) is 0 Å². The molecule has 0 saturated carbocycles. The van der Waals surface area contributed by atoms with Gasteiger partial charge in [0.05, 0.1) is 0 Å². The number of fused-ring (bicyclic) bond motifs is 1. The number of hydrogen-bond acceptors (Lipinski definition) is 4. The van der Waals surface area contributed by atoms with Gasteiger partial charge >= 0.3 is 0 Å². The average molecular weight is 260 g/mol. The molecule has 1 aromatic carbocycles. The molecule has 5 heteroatoms. The Hall–Kier alpha value is -1.94. The Morgan fingerprint density at radius 2 is 2.00 bits per heavy atom. The Bertz CT molecular complexity index is 675. The van der Waals surface area contributed by atoms with E-state index < -0.39 is 0 Å². The van der Waals surface area contributed by atoms with Crippen molar-refractivity contribution in [1.82, 2.24) is 15.2 Å². The van der Waals surface area contributed by atoms with Gasteiger partial charge in [0.1, 0.15) is 5.69 Å². The van der Waals surface area contributed by atoms with E-state index in [0.717, 1.165) is 10.8 Å². The summed E-state index contributed by atoms with van der Waals surface area (Å²) in [4.78, 5) is 4.32. The number of aryl methyl sites for hydroxylation is 1. The number of alkyl halides is 1. The summed E-state index contributed by atoms with van der Waals surface area (Å²) in [6, 6.07) is 9.91. The van der Waals surface area contributed by atoms with Crippen LogP contribution in [-0.2, 0) is 6.42 Å². The van der Waals surface area contributed by atoms with Crippen LogP contribution in [0.4, 0.5) is 0 Å². The second-order valence-electron chi connectivity index (χ2n) is 3.82. The third kappa shape index (κ3) is 1.95. The molecule has 18 heavy (non-hydrogen) atoms. The fraction of sp³-hybridized carbons (Fsp3) is 0.154. The summed E-state index contributed by atoms with van der Waals surface area (Å²) in [5, 5.41) is 10.1. The number of nitrogens with zero attached hydrogens (tertiary/aromatic N) is 3. The fourth-order valence-electron chi connectivity index (χ4n) is 1.82. The van der Waals surface area contributed by atoms with Crippen LogP contribution in [0.1, 0.15) is 5.89 Å². The second kappa shape index (κ2) is 4.74. The number of rotatable bonds is 3. The van der Waals surface area contributed by atoms with Gasteiger partial charge in [0.2, 0.25) is 5.89 Å². The number of aromatic nitrogens is 3. The minimum Gasteiger partial charge on any atom is -0.419 e. The highest BCUT2D eigenvalue weighted by Crippen LogP contribution is 2.25. The Morgan fingerprint density at radius 3 is 2.89 bits per heavy atom. The Morgan fingerprint density at radius 1 is 1.11 bits per heavy atom. The Labute approximate surface area is 109 Å². The number of benzene rings is 1. The van der Waals surface area contributed by atoms with Gasteiger partial charge in [0.15, 0.2) is 0 Å². The van der Waals surface area contributed by atoms with E-state index in [1.165, 1.54) is 0 Å². The molecule has 0 bridgehead atoms. The van der Waals surface area contributed by atoms with E-state index in [9.17, 15) is 0 Å². The van der Waals surface area contributed by atoms with Crippen molar-refractivity contribution in [3.63, 3.8) is 0 Å². The molecule has 4 nitrogen and oxygen atoms in total. The first-order valence-corrected chi connectivity index (χ1v) is 6.14.